The number of carbonyl (C=O) groups is 1. The molecular weight excluding hydrogens is 242 g/mol. The monoisotopic (exact) mass is 259 g/mol. The molecule has 0 N–H and O–H groups in total. The van der Waals surface area contributed by atoms with E-state index in [0.29, 0.717) is 32.0 Å². The molecule has 0 unspecified atom stereocenters. The van der Waals surface area contributed by atoms with E-state index in [0.717, 1.165) is 17.8 Å². The molecule has 1 aliphatic heterocycles. The van der Waals surface area contributed by atoms with Crippen molar-refractivity contribution >= 4 is 11.6 Å². The second kappa shape index (κ2) is 5.01. The quantitative estimate of drug-likeness (QED) is 0.818. The second-order valence-electron chi connectivity index (χ2n) is 4.59. The van der Waals surface area contributed by atoms with Gasteiger partial charge in [0.05, 0.1) is 18.9 Å². The van der Waals surface area contributed by atoms with Crippen molar-refractivity contribution in [3.05, 3.63) is 35.8 Å². The van der Waals surface area contributed by atoms with E-state index < -0.39 is 0 Å². The Hall–Kier alpha value is -1.88. The van der Waals surface area contributed by atoms with Gasteiger partial charge in [-0.25, -0.2) is 4.98 Å². The topological polar surface area (TPSA) is 46.8 Å². The highest BCUT2D eigenvalue weighted by molar-refractivity contribution is 5.94. The fourth-order valence-electron chi connectivity index (χ4n) is 2.43. The highest BCUT2D eigenvalue weighted by Crippen LogP contribution is 2.16. The summed E-state index contributed by atoms with van der Waals surface area (Å²) in [4.78, 5) is 19.0. The number of carbonyl (C=O) groups excluding carboxylic acids is 1. The highest BCUT2D eigenvalue weighted by atomic mass is 16.5. The van der Waals surface area contributed by atoms with Crippen molar-refractivity contribution in [2.45, 2.75) is 13.3 Å². The van der Waals surface area contributed by atoms with E-state index in [1.165, 1.54) is 0 Å². The first-order valence-corrected chi connectivity index (χ1v) is 6.64. The van der Waals surface area contributed by atoms with Crippen LogP contribution < -0.4 is 0 Å². The lowest BCUT2D eigenvalue weighted by atomic mass is 10.2. The maximum absolute atomic E-state index is 12.7. The minimum atomic E-state index is 0.0545. The Morgan fingerprint density at radius 1 is 1.37 bits per heavy atom. The van der Waals surface area contributed by atoms with Crippen LogP contribution in [0.15, 0.2) is 24.4 Å². The molecule has 0 radical (unpaired) electrons. The molecule has 19 heavy (non-hydrogen) atoms. The Kier molecular flexibility index (Phi) is 3.21. The molecule has 5 nitrogen and oxygen atoms in total. The Morgan fingerprint density at radius 3 is 2.89 bits per heavy atom. The van der Waals surface area contributed by atoms with Gasteiger partial charge < -0.3 is 9.64 Å². The van der Waals surface area contributed by atoms with Crippen LogP contribution >= 0.6 is 0 Å². The van der Waals surface area contributed by atoms with Gasteiger partial charge in [-0.05, 0) is 18.6 Å². The first-order valence-electron chi connectivity index (χ1n) is 6.64. The average Bonchev–Trinajstić information content (AvgIpc) is 2.86. The molecule has 2 aromatic heterocycles. The van der Waals surface area contributed by atoms with Crippen LogP contribution in [0, 0.1) is 0 Å². The van der Waals surface area contributed by atoms with Crippen molar-refractivity contribution in [1.82, 2.24) is 14.3 Å². The normalized spacial score (nSPS) is 15.9. The van der Waals surface area contributed by atoms with Gasteiger partial charge in [0.25, 0.3) is 5.91 Å². The van der Waals surface area contributed by atoms with Crippen molar-refractivity contribution in [1.29, 1.82) is 0 Å². The summed E-state index contributed by atoms with van der Waals surface area (Å²) in [5, 5.41) is 0. The standard InChI is InChI=1S/C14H17N3O2/c1-2-11-13(14(18)16-7-9-19-10-8-16)17-6-4-3-5-12(17)15-11/h3-6H,2,7-10H2,1H3. The summed E-state index contributed by atoms with van der Waals surface area (Å²) < 4.78 is 7.18. The van der Waals surface area contributed by atoms with E-state index in [2.05, 4.69) is 4.98 Å². The molecule has 2 aromatic rings. The summed E-state index contributed by atoms with van der Waals surface area (Å²) in [6.45, 7) is 4.57. The van der Waals surface area contributed by atoms with Gasteiger partial charge in [-0.1, -0.05) is 13.0 Å². The van der Waals surface area contributed by atoms with Crippen LogP contribution in [0.3, 0.4) is 0 Å². The summed E-state index contributed by atoms with van der Waals surface area (Å²) in [6, 6.07) is 5.78. The predicted molar refractivity (Wildman–Crippen MR) is 71.3 cm³/mol. The van der Waals surface area contributed by atoms with Crippen molar-refractivity contribution in [3.63, 3.8) is 0 Å². The molecular formula is C14H17N3O2. The molecule has 3 rings (SSSR count). The molecule has 0 aromatic carbocycles. The van der Waals surface area contributed by atoms with Gasteiger partial charge in [0, 0.05) is 19.3 Å². The molecule has 0 spiro atoms. The fourth-order valence-corrected chi connectivity index (χ4v) is 2.43. The van der Waals surface area contributed by atoms with Gasteiger partial charge in [-0.15, -0.1) is 0 Å². The lowest BCUT2D eigenvalue weighted by molar-refractivity contribution is 0.0297. The van der Waals surface area contributed by atoms with Crippen LogP contribution in [0.25, 0.3) is 5.65 Å². The number of fused-ring (bicyclic) bond motifs is 1. The number of aryl methyl sites for hydroxylation is 1. The van der Waals surface area contributed by atoms with E-state index in [4.69, 9.17) is 4.74 Å². The van der Waals surface area contributed by atoms with Crippen LogP contribution in [0.5, 0.6) is 0 Å². The van der Waals surface area contributed by atoms with E-state index in [1.807, 2.05) is 40.6 Å². The van der Waals surface area contributed by atoms with Crippen LogP contribution in [0.2, 0.25) is 0 Å². The smallest absolute Gasteiger partial charge is 0.272 e. The molecule has 1 fully saturated rings. The number of amides is 1. The lowest BCUT2D eigenvalue weighted by Crippen LogP contribution is -2.41. The number of pyridine rings is 1. The summed E-state index contributed by atoms with van der Waals surface area (Å²) in [5.74, 6) is 0.0545. The third-order valence-electron chi connectivity index (χ3n) is 3.44. The second-order valence-corrected chi connectivity index (χ2v) is 4.59. The summed E-state index contributed by atoms with van der Waals surface area (Å²) >= 11 is 0. The number of hydrogen-bond acceptors (Lipinski definition) is 3. The van der Waals surface area contributed by atoms with Crippen LogP contribution in [0.1, 0.15) is 23.1 Å². The zero-order valence-corrected chi connectivity index (χ0v) is 11.0. The SMILES string of the molecule is CCc1nc2ccccn2c1C(=O)N1CCOCC1. The van der Waals surface area contributed by atoms with Crippen LogP contribution in [-0.4, -0.2) is 46.5 Å². The minimum absolute atomic E-state index is 0.0545. The van der Waals surface area contributed by atoms with Crippen molar-refractivity contribution < 1.29 is 9.53 Å². The summed E-state index contributed by atoms with van der Waals surface area (Å²) in [5.41, 5.74) is 2.39. The molecule has 1 saturated heterocycles. The zero-order chi connectivity index (χ0) is 13.2. The Bertz CT molecular complexity index is 600. The fraction of sp³-hybridized carbons (Fsp3) is 0.429. The maximum atomic E-state index is 12.7. The number of imidazole rings is 1. The third kappa shape index (κ3) is 2.10. The molecule has 1 aliphatic rings. The van der Waals surface area contributed by atoms with Gasteiger partial charge >= 0.3 is 0 Å². The van der Waals surface area contributed by atoms with Gasteiger partial charge in [-0.2, -0.15) is 0 Å². The molecule has 0 saturated carbocycles. The molecule has 0 atom stereocenters. The first-order chi connectivity index (χ1) is 9.31. The highest BCUT2D eigenvalue weighted by Gasteiger charge is 2.24. The van der Waals surface area contributed by atoms with E-state index in [9.17, 15) is 4.79 Å². The molecule has 0 bridgehead atoms. The van der Waals surface area contributed by atoms with Crippen molar-refractivity contribution in [3.8, 4) is 0 Å². The predicted octanol–water partition coefficient (Wildman–Crippen LogP) is 1.37. The zero-order valence-electron chi connectivity index (χ0n) is 11.0. The average molecular weight is 259 g/mol. The Labute approximate surface area is 111 Å². The first kappa shape index (κ1) is 12.2. The Balaban J connectivity index is 2.04. The maximum Gasteiger partial charge on any atom is 0.272 e. The minimum Gasteiger partial charge on any atom is -0.378 e. The number of ether oxygens (including phenoxy) is 1. The molecule has 100 valence electrons. The molecule has 3 heterocycles. The molecule has 5 heteroatoms. The third-order valence-corrected chi connectivity index (χ3v) is 3.44. The van der Waals surface area contributed by atoms with Gasteiger partial charge in [0.1, 0.15) is 11.3 Å². The van der Waals surface area contributed by atoms with Gasteiger partial charge in [0.2, 0.25) is 0 Å². The number of morpholine rings is 1. The lowest BCUT2D eigenvalue weighted by Gasteiger charge is -2.26. The molecule has 1 amide bonds. The summed E-state index contributed by atoms with van der Waals surface area (Å²) in [6.07, 6.45) is 2.66. The van der Waals surface area contributed by atoms with Gasteiger partial charge in [-0.3, -0.25) is 9.20 Å². The van der Waals surface area contributed by atoms with Crippen molar-refractivity contribution in [2.24, 2.45) is 0 Å². The van der Waals surface area contributed by atoms with E-state index in [1.54, 1.807) is 0 Å². The molecule has 0 aliphatic carbocycles. The van der Waals surface area contributed by atoms with Crippen LogP contribution in [-0.2, 0) is 11.2 Å². The van der Waals surface area contributed by atoms with Gasteiger partial charge in [0.15, 0.2) is 0 Å². The van der Waals surface area contributed by atoms with E-state index >= 15 is 0 Å². The number of nitrogens with zero attached hydrogens (tertiary/aromatic N) is 3. The number of rotatable bonds is 2. The van der Waals surface area contributed by atoms with Crippen molar-refractivity contribution in [2.75, 3.05) is 26.3 Å². The largest absolute Gasteiger partial charge is 0.378 e. The van der Waals surface area contributed by atoms with Crippen LogP contribution in [0.4, 0.5) is 0 Å². The van der Waals surface area contributed by atoms with E-state index in [-0.39, 0.29) is 5.91 Å². The summed E-state index contributed by atoms with van der Waals surface area (Å²) in [7, 11) is 0. The number of aromatic nitrogens is 2. The number of hydrogen-bond donors (Lipinski definition) is 0. The Morgan fingerprint density at radius 2 is 2.16 bits per heavy atom.